The van der Waals surface area contributed by atoms with E-state index in [0.717, 1.165) is 57.8 Å². The van der Waals surface area contributed by atoms with Gasteiger partial charge >= 0.3 is 5.97 Å². The highest BCUT2D eigenvalue weighted by molar-refractivity contribution is 5.81. The second kappa shape index (κ2) is 7.25. The largest absolute Gasteiger partial charge is 0.481 e. The molecular formula is C16H28N2O3. The molecule has 2 unspecified atom stereocenters. The number of carboxylic acid groups (broad SMARTS) is 1. The fourth-order valence-electron chi connectivity index (χ4n) is 4.05. The average Bonchev–Trinajstić information content (AvgIpc) is 2.47. The maximum Gasteiger partial charge on any atom is 0.305 e. The van der Waals surface area contributed by atoms with Gasteiger partial charge in [0, 0.05) is 5.92 Å². The first-order chi connectivity index (χ1) is 10.1. The van der Waals surface area contributed by atoms with Crippen LogP contribution in [0, 0.1) is 11.8 Å². The number of carboxylic acids is 1. The Bertz CT molecular complexity index is 378. The third-order valence-electron chi connectivity index (χ3n) is 5.24. The summed E-state index contributed by atoms with van der Waals surface area (Å²) in [7, 11) is 0. The lowest BCUT2D eigenvalue weighted by atomic mass is 9.76. The number of aliphatic carboxylic acids is 1. The van der Waals surface area contributed by atoms with Gasteiger partial charge in [0.2, 0.25) is 5.91 Å². The van der Waals surface area contributed by atoms with E-state index in [0.29, 0.717) is 6.54 Å². The predicted octanol–water partition coefficient (Wildman–Crippen LogP) is 2.05. The second-order valence-electron chi connectivity index (χ2n) is 6.79. The van der Waals surface area contributed by atoms with E-state index in [2.05, 4.69) is 5.32 Å². The molecule has 2 aliphatic carbocycles. The minimum atomic E-state index is -0.823. The molecule has 2 saturated carbocycles. The van der Waals surface area contributed by atoms with Gasteiger partial charge in [-0.25, -0.2) is 0 Å². The van der Waals surface area contributed by atoms with Crippen molar-refractivity contribution in [3.8, 4) is 0 Å². The summed E-state index contributed by atoms with van der Waals surface area (Å²) in [6.45, 7) is 0.546. The number of hydrogen-bond acceptors (Lipinski definition) is 3. The van der Waals surface area contributed by atoms with Gasteiger partial charge < -0.3 is 16.2 Å². The highest BCUT2D eigenvalue weighted by atomic mass is 16.4. The lowest BCUT2D eigenvalue weighted by Gasteiger charge is -2.39. The van der Waals surface area contributed by atoms with Gasteiger partial charge in [0.05, 0.1) is 12.0 Å². The van der Waals surface area contributed by atoms with Crippen molar-refractivity contribution in [2.45, 2.75) is 69.7 Å². The molecule has 2 rings (SSSR count). The van der Waals surface area contributed by atoms with Gasteiger partial charge in [0.25, 0.3) is 0 Å². The summed E-state index contributed by atoms with van der Waals surface area (Å²) in [6, 6.07) is 0. The van der Waals surface area contributed by atoms with Crippen LogP contribution < -0.4 is 11.1 Å². The Kier molecular flexibility index (Phi) is 5.62. The van der Waals surface area contributed by atoms with E-state index in [9.17, 15) is 14.7 Å². The molecule has 0 aromatic rings. The molecule has 0 aliphatic heterocycles. The van der Waals surface area contributed by atoms with Crippen LogP contribution in [-0.2, 0) is 9.59 Å². The Morgan fingerprint density at radius 2 is 1.76 bits per heavy atom. The molecule has 5 heteroatoms. The quantitative estimate of drug-likeness (QED) is 0.724. The summed E-state index contributed by atoms with van der Waals surface area (Å²) in [5.41, 5.74) is 5.27. The first-order valence-corrected chi connectivity index (χ1v) is 8.30. The van der Waals surface area contributed by atoms with Crippen LogP contribution in [-0.4, -0.2) is 29.1 Å². The molecule has 2 atom stereocenters. The monoisotopic (exact) mass is 296 g/mol. The zero-order valence-corrected chi connectivity index (χ0v) is 12.8. The number of nitrogens with two attached hydrogens (primary N) is 1. The Morgan fingerprint density at radius 3 is 2.38 bits per heavy atom. The molecule has 120 valence electrons. The Hall–Kier alpha value is -1.10. The van der Waals surface area contributed by atoms with Gasteiger partial charge in [0.1, 0.15) is 0 Å². The molecule has 4 N–H and O–H groups in total. The van der Waals surface area contributed by atoms with Gasteiger partial charge in [-0.3, -0.25) is 9.59 Å². The molecule has 21 heavy (non-hydrogen) atoms. The van der Waals surface area contributed by atoms with Gasteiger partial charge in [0.15, 0.2) is 0 Å². The maximum atomic E-state index is 12.7. The van der Waals surface area contributed by atoms with E-state index in [1.165, 1.54) is 0 Å². The molecule has 0 heterocycles. The number of hydrogen-bond donors (Lipinski definition) is 3. The fraction of sp³-hybridized carbons (Fsp3) is 0.875. The van der Waals surface area contributed by atoms with E-state index >= 15 is 0 Å². The summed E-state index contributed by atoms with van der Waals surface area (Å²) in [5.74, 6) is -0.565. The lowest BCUT2D eigenvalue weighted by Crippen LogP contribution is -2.54. The molecule has 0 radical (unpaired) electrons. The molecule has 5 nitrogen and oxygen atoms in total. The first-order valence-electron chi connectivity index (χ1n) is 8.30. The highest BCUT2D eigenvalue weighted by Gasteiger charge is 2.39. The summed E-state index contributed by atoms with van der Waals surface area (Å²) in [6.07, 6.45) is 8.85. The van der Waals surface area contributed by atoms with Crippen molar-refractivity contribution < 1.29 is 14.7 Å². The third-order valence-corrected chi connectivity index (χ3v) is 5.24. The fourth-order valence-corrected chi connectivity index (χ4v) is 4.05. The molecule has 2 aliphatic rings. The number of carbonyl (C=O) groups is 2. The average molecular weight is 296 g/mol. The van der Waals surface area contributed by atoms with E-state index in [-0.39, 0.29) is 24.2 Å². The van der Waals surface area contributed by atoms with Crippen molar-refractivity contribution in [1.29, 1.82) is 0 Å². The van der Waals surface area contributed by atoms with Crippen LogP contribution in [0.4, 0.5) is 0 Å². The zero-order chi connectivity index (χ0) is 15.3. The summed E-state index contributed by atoms with van der Waals surface area (Å²) >= 11 is 0. The van der Waals surface area contributed by atoms with Crippen molar-refractivity contribution in [1.82, 2.24) is 5.32 Å². The number of rotatable bonds is 5. The van der Waals surface area contributed by atoms with Crippen molar-refractivity contribution in [2.75, 3.05) is 6.54 Å². The molecule has 2 fully saturated rings. The van der Waals surface area contributed by atoms with Crippen LogP contribution in [0.25, 0.3) is 0 Å². The smallest absolute Gasteiger partial charge is 0.305 e. The van der Waals surface area contributed by atoms with Crippen molar-refractivity contribution in [3.63, 3.8) is 0 Å². The summed E-state index contributed by atoms with van der Waals surface area (Å²) in [4.78, 5) is 23.8. The Morgan fingerprint density at radius 1 is 1.10 bits per heavy atom. The molecule has 1 amide bonds. The zero-order valence-electron chi connectivity index (χ0n) is 12.8. The van der Waals surface area contributed by atoms with Crippen LogP contribution in [0.1, 0.15) is 64.2 Å². The van der Waals surface area contributed by atoms with Gasteiger partial charge in [-0.1, -0.05) is 32.1 Å². The van der Waals surface area contributed by atoms with Crippen LogP contribution in [0.5, 0.6) is 0 Å². The van der Waals surface area contributed by atoms with Crippen molar-refractivity contribution in [2.24, 2.45) is 17.6 Å². The number of amides is 1. The molecular weight excluding hydrogens is 268 g/mol. The Balaban J connectivity index is 2.04. The minimum absolute atomic E-state index is 0.0312. The molecule has 0 spiro atoms. The topological polar surface area (TPSA) is 92.4 Å². The van der Waals surface area contributed by atoms with Crippen LogP contribution in [0.15, 0.2) is 0 Å². The predicted molar refractivity (Wildman–Crippen MR) is 80.7 cm³/mol. The van der Waals surface area contributed by atoms with Crippen LogP contribution in [0.3, 0.4) is 0 Å². The van der Waals surface area contributed by atoms with E-state index in [1.54, 1.807) is 0 Å². The molecule has 0 saturated heterocycles. The summed E-state index contributed by atoms with van der Waals surface area (Å²) < 4.78 is 0. The highest BCUT2D eigenvalue weighted by Crippen LogP contribution is 2.34. The first kappa shape index (κ1) is 16.3. The van der Waals surface area contributed by atoms with Gasteiger partial charge in [-0.15, -0.1) is 0 Å². The van der Waals surface area contributed by atoms with E-state index < -0.39 is 11.5 Å². The lowest BCUT2D eigenvalue weighted by molar-refractivity contribution is -0.140. The van der Waals surface area contributed by atoms with Gasteiger partial charge in [-0.2, -0.15) is 0 Å². The Labute approximate surface area is 126 Å². The third kappa shape index (κ3) is 4.19. The second-order valence-corrected chi connectivity index (χ2v) is 6.79. The maximum absolute atomic E-state index is 12.7. The number of carbonyl (C=O) groups excluding carboxylic acids is 1. The summed E-state index contributed by atoms with van der Waals surface area (Å²) in [5, 5.41) is 12.3. The SMILES string of the molecule is NCC1CCCCC1C(=O)NC1(CC(=O)O)CCCCC1. The number of nitrogens with one attached hydrogen (secondary N) is 1. The van der Waals surface area contributed by atoms with E-state index in [1.807, 2.05) is 0 Å². The van der Waals surface area contributed by atoms with Crippen LogP contribution in [0.2, 0.25) is 0 Å². The molecule has 0 bridgehead atoms. The van der Waals surface area contributed by atoms with Gasteiger partial charge in [-0.05, 0) is 38.1 Å². The molecule has 0 aromatic heterocycles. The van der Waals surface area contributed by atoms with E-state index in [4.69, 9.17) is 5.73 Å². The molecule has 0 aromatic carbocycles. The van der Waals surface area contributed by atoms with Crippen LogP contribution >= 0.6 is 0 Å². The van der Waals surface area contributed by atoms with Crippen molar-refractivity contribution in [3.05, 3.63) is 0 Å². The minimum Gasteiger partial charge on any atom is -0.481 e. The van der Waals surface area contributed by atoms with Crippen molar-refractivity contribution >= 4 is 11.9 Å². The normalized spacial score (nSPS) is 28.8. The standard InChI is InChI=1S/C16H28N2O3/c17-11-12-6-2-3-7-13(12)15(21)18-16(10-14(19)20)8-4-1-5-9-16/h12-13H,1-11,17H2,(H,18,21)(H,19,20).